The highest BCUT2D eigenvalue weighted by atomic mass is 35.5. The molecule has 102 valence electrons. The van der Waals surface area contributed by atoms with E-state index in [9.17, 15) is 5.11 Å². The fourth-order valence-electron chi connectivity index (χ4n) is 2.49. The molecule has 2 atom stereocenters. The minimum absolute atomic E-state index is 0.520. The first-order valence-corrected chi connectivity index (χ1v) is 6.99. The molecular formula is C13H21ClN2O2. The zero-order valence-electron chi connectivity index (χ0n) is 11.0. The van der Waals surface area contributed by atoms with Crippen molar-refractivity contribution in [2.24, 2.45) is 0 Å². The number of hydrogen-bond acceptors (Lipinski definition) is 3. The van der Waals surface area contributed by atoms with Crippen molar-refractivity contribution in [1.29, 1.82) is 0 Å². The Morgan fingerprint density at radius 3 is 3.00 bits per heavy atom. The fraction of sp³-hybridized carbons (Fsp3) is 0.769. The van der Waals surface area contributed by atoms with Crippen LogP contribution in [0, 0.1) is 0 Å². The van der Waals surface area contributed by atoms with E-state index in [2.05, 4.69) is 12.0 Å². The number of aryl methyl sites for hydroxylation is 1. The zero-order chi connectivity index (χ0) is 13.2. The van der Waals surface area contributed by atoms with Gasteiger partial charge in [-0.05, 0) is 32.6 Å². The lowest BCUT2D eigenvalue weighted by Crippen LogP contribution is -2.40. The van der Waals surface area contributed by atoms with Crippen molar-refractivity contribution in [2.75, 3.05) is 6.61 Å². The van der Waals surface area contributed by atoms with Crippen LogP contribution in [0.4, 0.5) is 0 Å². The molecular weight excluding hydrogens is 252 g/mol. The van der Waals surface area contributed by atoms with Crippen LogP contribution in [0.5, 0.6) is 0 Å². The highest BCUT2D eigenvalue weighted by molar-refractivity contribution is 6.31. The summed E-state index contributed by atoms with van der Waals surface area (Å²) >= 11 is 6.16. The Balaban J connectivity index is 2.26. The average Bonchev–Trinajstić information content (AvgIpc) is 2.71. The predicted octanol–water partition coefficient (Wildman–Crippen LogP) is 2.94. The van der Waals surface area contributed by atoms with Gasteiger partial charge in [0.2, 0.25) is 0 Å². The number of hydrogen-bond donors (Lipinski definition) is 1. The molecule has 0 saturated carbocycles. The molecule has 0 bridgehead atoms. The number of ether oxygens (including phenoxy) is 1. The normalized spacial score (nSPS) is 26.2. The summed E-state index contributed by atoms with van der Waals surface area (Å²) in [5.74, 6) is 0. The van der Waals surface area contributed by atoms with Crippen LogP contribution in [0.3, 0.4) is 0 Å². The molecule has 1 aromatic rings. The van der Waals surface area contributed by atoms with Crippen LogP contribution in [-0.4, -0.2) is 27.1 Å². The van der Waals surface area contributed by atoms with Gasteiger partial charge in [-0.2, -0.15) is 5.10 Å². The Kier molecular flexibility index (Phi) is 4.30. The quantitative estimate of drug-likeness (QED) is 0.917. The molecule has 0 amide bonds. The Hall–Kier alpha value is -0.580. The standard InChI is InChI=1S/C13H21ClN2O2/c1-3-7-16-11(10(14)9-15-16)12(17)13(2)6-4-5-8-18-13/h9,12,17H,3-8H2,1-2H3. The van der Waals surface area contributed by atoms with Gasteiger partial charge in [0.05, 0.1) is 22.5 Å². The number of nitrogens with zero attached hydrogens (tertiary/aromatic N) is 2. The van der Waals surface area contributed by atoms with E-state index in [0.29, 0.717) is 17.3 Å². The number of halogens is 1. The van der Waals surface area contributed by atoms with Crippen LogP contribution in [-0.2, 0) is 11.3 Å². The van der Waals surface area contributed by atoms with Crippen molar-refractivity contribution in [2.45, 2.75) is 57.8 Å². The second kappa shape index (κ2) is 5.59. The summed E-state index contributed by atoms with van der Waals surface area (Å²) in [6.07, 6.45) is 4.82. The van der Waals surface area contributed by atoms with Gasteiger partial charge in [-0.25, -0.2) is 0 Å². The molecule has 0 aliphatic carbocycles. The highest BCUT2D eigenvalue weighted by Crippen LogP contribution is 2.38. The Morgan fingerprint density at radius 2 is 2.39 bits per heavy atom. The smallest absolute Gasteiger partial charge is 0.126 e. The summed E-state index contributed by atoms with van der Waals surface area (Å²) in [5, 5.41) is 15.4. The third-order valence-electron chi connectivity index (χ3n) is 3.61. The summed E-state index contributed by atoms with van der Waals surface area (Å²) in [6.45, 7) is 5.49. The molecule has 5 heteroatoms. The van der Waals surface area contributed by atoms with E-state index in [4.69, 9.17) is 16.3 Å². The summed E-state index contributed by atoms with van der Waals surface area (Å²) < 4.78 is 7.58. The molecule has 0 aromatic carbocycles. The first-order valence-electron chi connectivity index (χ1n) is 6.61. The second-order valence-electron chi connectivity index (χ2n) is 5.12. The third kappa shape index (κ3) is 2.56. The van der Waals surface area contributed by atoms with Gasteiger partial charge in [0.25, 0.3) is 0 Å². The van der Waals surface area contributed by atoms with Crippen molar-refractivity contribution in [3.8, 4) is 0 Å². The number of aliphatic hydroxyl groups excluding tert-OH is 1. The lowest BCUT2D eigenvalue weighted by atomic mass is 9.88. The van der Waals surface area contributed by atoms with E-state index < -0.39 is 11.7 Å². The van der Waals surface area contributed by atoms with E-state index >= 15 is 0 Å². The largest absolute Gasteiger partial charge is 0.384 e. The van der Waals surface area contributed by atoms with Gasteiger partial charge in [-0.3, -0.25) is 4.68 Å². The summed E-state index contributed by atoms with van der Waals surface area (Å²) in [4.78, 5) is 0. The maximum absolute atomic E-state index is 10.6. The molecule has 18 heavy (non-hydrogen) atoms. The second-order valence-corrected chi connectivity index (χ2v) is 5.53. The Labute approximate surface area is 113 Å². The van der Waals surface area contributed by atoms with E-state index in [1.54, 1.807) is 10.9 Å². The zero-order valence-corrected chi connectivity index (χ0v) is 11.8. The predicted molar refractivity (Wildman–Crippen MR) is 70.7 cm³/mol. The molecule has 1 N–H and O–H groups in total. The fourth-order valence-corrected chi connectivity index (χ4v) is 2.74. The minimum atomic E-state index is -0.723. The lowest BCUT2D eigenvalue weighted by molar-refractivity contribution is -0.140. The minimum Gasteiger partial charge on any atom is -0.384 e. The number of rotatable bonds is 4. The Morgan fingerprint density at radius 1 is 1.61 bits per heavy atom. The molecule has 1 aromatic heterocycles. The van der Waals surface area contributed by atoms with Crippen molar-refractivity contribution in [3.05, 3.63) is 16.9 Å². The van der Waals surface area contributed by atoms with Crippen molar-refractivity contribution in [3.63, 3.8) is 0 Å². The van der Waals surface area contributed by atoms with Crippen molar-refractivity contribution in [1.82, 2.24) is 9.78 Å². The first-order chi connectivity index (χ1) is 8.58. The SMILES string of the molecule is CCCn1ncc(Cl)c1C(O)C1(C)CCCCO1. The van der Waals surface area contributed by atoms with Gasteiger partial charge in [0, 0.05) is 13.2 Å². The van der Waals surface area contributed by atoms with Crippen LogP contribution < -0.4 is 0 Å². The third-order valence-corrected chi connectivity index (χ3v) is 3.90. The lowest BCUT2D eigenvalue weighted by Gasteiger charge is -2.38. The van der Waals surface area contributed by atoms with Crippen LogP contribution in [0.2, 0.25) is 5.02 Å². The van der Waals surface area contributed by atoms with Crippen LogP contribution in [0.15, 0.2) is 6.20 Å². The number of aliphatic hydroxyl groups is 1. The first kappa shape index (κ1) is 13.8. The van der Waals surface area contributed by atoms with E-state index in [1.165, 1.54) is 0 Å². The molecule has 1 fully saturated rings. The van der Waals surface area contributed by atoms with Crippen molar-refractivity contribution >= 4 is 11.6 Å². The monoisotopic (exact) mass is 272 g/mol. The van der Waals surface area contributed by atoms with Gasteiger partial charge < -0.3 is 9.84 Å². The summed E-state index contributed by atoms with van der Waals surface area (Å²) in [6, 6.07) is 0. The summed E-state index contributed by atoms with van der Waals surface area (Å²) in [5.41, 5.74) is 0.135. The van der Waals surface area contributed by atoms with Gasteiger partial charge in [0.15, 0.2) is 0 Å². The topological polar surface area (TPSA) is 47.3 Å². The van der Waals surface area contributed by atoms with Crippen molar-refractivity contribution < 1.29 is 9.84 Å². The molecule has 2 heterocycles. The molecule has 0 radical (unpaired) electrons. The van der Waals surface area contributed by atoms with E-state index in [-0.39, 0.29) is 0 Å². The molecule has 2 unspecified atom stereocenters. The molecule has 1 aliphatic rings. The Bertz CT molecular complexity index is 400. The van der Waals surface area contributed by atoms with E-state index in [0.717, 1.165) is 32.2 Å². The molecule has 1 saturated heterocycles. The van der Waals surface area contributed by atoms with E-state index in [1.807, 2.05) is 6.92 Å². The maximum atomic E-state index is 10.6. The molecule has 1 aliphatic heterocycles. The summed E-state index contributed by atoms with van der Waals surface area (Å²) in [7, 11) is 0. The number of aromatic nitrogens is 2. The average molecular weight is 273 g/mol. The van der Waals surface area contributed by atoms with Crippen LogP contribution in [0.1, 0.15) is 51.3 Å². The highest BCUT2D eigenvalue weighted by Gasteiger charge is 2.39. The molecule has 4 nitrogen and oxygen atoms in total. The van der Waals surface area contributed by atoms with Crippen LogP contribution >= 0.6 is 11.6 Å². The van der Waals surface area contributed by atoms with Gasteiger partial charge >= 0.3 is 0 Å². The molecule has 0 spiro atoms. The van der Waals surface area contributed by atoms with Gasteiger partial charge in [-0.15, -0.1) is 0 Å². The van der Waals surface area contributed by atoms with Gasteiger partial charge in [0.1, 0.15) is 6.10 Å². The van der Waals surface area contributed by atoms with Crippen LogP contribution in [0.25, 0.3) is 0 Å². The maximum Gasteiger partial charge on any atom is 0.126 e. The molecule has 2 rings (SSSR count). The van der Waals surface area contributed by atoms with Gasteiger partial charge in [-0.1, -0.05) is 18.5 Å².